The van der Waals surface area contributed by atoms with Gasteiger partial charge in [0.05, 0.1) is 0 Å². The standard InChI is InChI=1S/C9H9BrF3NO/c10-7-3-6(1-2-14)4-8(5-7)15-9(11,12)13/h3-5H,1-2,14H2. The summed E-state index contributed by atoms with van der Waals surface area (Å²) in [4.78, 5) is 0. The van der Waals surface area contributed by atoms with E-state index in [-0.39, 0.29) is 5.75 Å². The van der Waals surface area contributed by atoms with Crippen LogP contribution < -0.4 is 10.5 Å². The Morgan fingerprint density at radius 2 is 1.93 bits per heavy atom. The molecule has 2 N–H and O–H groups in total. The van der Waals surface area contributed by atoms with Crippen molar-refractivity contribution < 1.29 is 17.9 Å². The zero-order chi connectivity index (χ0) is 11.5. The van der Waals surface area contributed by atoms with E-state index >= 15 is 0 Å². The Hall–Kier alpha value is -0.750. The maximum Gasteiger partial charge on any atom is 0.573 e. The molecule has 0 saturated carbocycles. The van der Waals surface area contributed by atoms with E-state index in [0.717, 1.165) is 0 Å². The van der Waals surface area contributed by atoms with Crippen molar-refractivity contribution in [3.63, 3.8) is 0 Å². The Kier molecular flexibility index (Phi) is 3.98. The minimum absolute atomic E-state index is 0.236. The van der Waals surface area contributed by atoms with E-state index in [0.29, 0.717) is 23.0 Å². The summed E-state index contributed by atoms with van der Waals surface area (Å²) in [6.07, 6.45) is -4.16. The fourth-order valence-electron chi connectivity index (χ4n) is 1.12. The zero-order valence-corrected chi connectivity index (χ0v) is 9.23. The molecule has 15 heavy (non-hydrogen) atoms. The normalized spacial score (nSPS) is 11.5. The average molecular weight is 284 g/mol. The predicted molar refractivity (Wildman–Crippen MR) is 53.6 cm³/mol. The Balaban J connectivity index is 2.88. The van der Waals surface area contributed by atoms with Gasteiger partial charge in [-0.05, 0) is 36.7 Å². The topological polar surface area (TPSA) is 35.2 Å². The van der Waals surface area contributed by atoms with Crippen LogP contribution in [0.3, 0.4) is 0 Å². The molecule has 0 aromatic heterocycles. The van der Waals surface area contributed by atoms with Gasteiger partial charge in [0.25, 0.3) is 0 Å². The van der Waals surface area contributed by atoms with Crippen LogP contribution in [0.4, 0.5) is 13.2 Å². The minimum Gasteiger partial charge on any atom is -0.406 e. The molecule has 0 heterocycles. The number of hydrogen-bond acceptors (Lipinski definition) is 2. The van der Waals surface area contributed by atoms with Crippen LogP contribution in [0, 0.1) is 0 Å². The van der Waals surface area contributed by atoms with Crippen LogP contribution in [0.1, 0.15) is 5.56 Å². The molecular weight excluding hydrogens is 275 g/mol. The fraction of sp³-hybridized carbons (Fsp3) is 0.333. The Morgan fingerprint density at radius 1 is 1.27 bits per heavy atom. The van der Waals surface area contributed by atoms with Gasteiger partial charge in [0.2, 0.25) is 0 Å². The van der Waals surface area contributed by atoms with Crippen LogP contribution in [-0.4, -0.2) is 12.9 Å². The first-order valence-electron chi connectivity index (χ1n) is 4.16. The molecular formula is C9H9BrF3NO. The van der Waals surface area contributed by atoms with Gasteiger partial charge in [-0.25, -0.2) is 0 Å². The summed E-state index contributed by atoms with van der Waals surface area (Å²) in [5, 5.41) is 0. The summed E-state index contributed by atoms with van der Waals surface area (Å²) in [5.74, 6) is -0.236. The van der Waals surface area contributed by atoms with Crippen molar-refractivity contribution in [2.75, 3.05) is 6.54 Å². The molecule has 0 aliphatic heterocycles. The molecule has 0 aliphatic carbocycles. The van der Waals surface area contributed by atoms with Crippen LogP contribution in [0.5, 0.6) is 5.75 Å². The third kappa shape index (κ3) is 4.53. The second-order valence-corrected chi connectivity index (χ2v) is 3.80. The maximum atomic E-state index is 11.9. The second-order valence-electron chi connectivity index (χ2n) is 2.88. The molecule has 0 amide bonds. The van der Waals surface area contributed by atoms with Gasteiger partial charge in [-0.3, -0.25) is 0 Å². The van der Waals surface area contributed by atoms with Gasteiger partial charge in [-0.15, -0.1) is 13.2 Å². The lowest BCUT2D eigenvalue weighted by molar-refractivity contribution is -0.274. The summed E-state index contributed by atoms with van der Waals surface area (Å²) in [6.45, 7) is 0.377. The third-order valence-electron chi connectivity index (χ3n) is 1.60. The lowest BCUT2D eigenvalue weighted by Gasteiger charge is -2.10. The Labute approximate surface area is 93.3 Å². The summed E-state index contributed by atoms with van der Waals surface area (Å²) < 4.78 is 40.1. The number of ether oxygens (including phenoxy) is 1. The second kappa shape index (κ2) is 4.85. The molecule has 1 aromatic rings. The first-order valence-corrected chi connectivity index (χ1v) is 4.95. The maximum absolute atomic E-state index is 11.9. The van der Waals surface area contributed by atoms with Gasteiger partial charge in [0.15, 0.2) is 0 Å². The average Bonchev–Trinajstić information content (AvgIpc) is 1.99. The van der Waals surface area contributed by atoms with E-state index in [9.17, 15) is 13.2 Å². The number of alkyl halides is 3. The molecule has 1 aromatic carbocycles. The van der Waals surface area contributed by atoms with Crippen molar-refractivity contribution in [2.45, 2.75) is 12.8 Å². The Bertz CT molecular complexity index is 341. The number of nitrogens with two attached hydrogens (primary N) is 1. The fourth-order valence-corrected chi connectivity index (χ4v) is 1.64. The quantitative estimate of drug-likeness (QED) is 0.926. The highest BCUT2D eigenvalue weighted by molar-refractivity contribution is 9.10. The molecule has 0 saturated heterocycles. The van der Waals surface area contributed by atoms with Crippen molar-refractivity contribution in [1.82, 2.24) is 0 Å². The van der Waals surface area contributed by atoms with Gasteiger partial charge in [-0.1, -0.05) is 15.9 Å². The van der Waals surface area contributed by atoms with E-state index in [1.54, 1.807) is 6.07 Å². The van der Waals surface area contributed by atoms with Crippen LogP contribution in [-0.2, 0) is 6.42 Å². The summed E-state index contributed by atoms with van der Waals surface area (Å²) >= 11 is 3.10. The molecule has 0 aliphatic rings. The van der Waals surface area contributed by atoms with Crippen molar-refractivity contribution in [3.8, 4) is 5.75 Å². The molecule has 2 nitrogen and oxygen atoms in total. The molecule has 0 radical (unpaired) electrons. The highest BCUT2D eigenvalue weighted by Crippen LogP contribution is 2.27. The lowest BCUT2D eigenvalue weighted by Crippen LogP contribution is -2.17. The highest BCUT2D eigenvalue weighted by Gasteiger charge is 2.31. The largest absolute Gasteiger partial charge is 0.573 e. The van der Waals surface area contributed by atoms with E-state index < -0.39 is 6.36 Å². The number of rotatable bonds is 3. The van der Waals surface area contributed by atoms with E-state index in [1.165, 1.54) is 12.1 Å². The lowest BCUT2D eigenvalue weighted by atomic mass is 10.1. The third-order valence-corrected chi connectivity index (χ3v) is 2.06. The molecule has 6 heteroatoms. The Morgan fingerprint density at radius 3 is 2.47 bits per heavy atom. The molecule has 0 unspecified atom stereocenters. The molecule has 0 fully saturated rings. The van der Waals surface area contributed by atoms with Gasteiger partial charge < -0.3 is 10.5 Å². The van der Waals surface area contributed by atoms with E-state index in [4.69, 9.17) is 5.73 Å². The van der Waals surface area contributed by atoms with Crippen molar-refractivity contribution in [3.05, 3.63) is 28.2 Å². The van der Waals surface area contributed by atoms with Gasteiger partial charge >= 0.3 is 6.36 Å². The summed E-state index contributed by atoms with van der Waals surface area (Å²) in [7, 11) is 0. The molecule has 1 rings (SSSR count). The minimum atomic E-state index is -4.67. The van der Waals surface area contributed by atoms with Crippen LogP contribution in [0.15, 0.2) is 22.7 Å². The summed E-state index contributed by atoms with van der Waals surface area (Å²) in [5.41, 5.74) is 6.01. The summed E-state index contributed by atoms with van der Waals surface area (Å²) in [6, 6.07) is 4.29. The SMILES string of the molecule is NCCc1cc(Br)cc(OC(F)(F)F)c1. The predicted octanol–water partition coefficient (Wildman–Crippen LogP) is 2.85. The number of halogens is 4. The van der Waals surface area contributed by atoms with Crippen LogP contribution in [0.25, 0.3) is 0 Å². The van der Waals surface area contributed by atoms with Gasteiger partial charge in [0, 0.05) is 4.47 Å². The number of benzene rings is 1. The molecule has 0 spiro atoms. The van der Waals surface area contributed by atoms with Crippen molar-refractivity contribution >= 4 is 15.9 Å². The number of hydrogen-bond donors (Lipinski definition) is 1. The monoisotopic (exact) mass is 283 g/mol. The van der Waals surface area contributed by atoms with Crippen LogP contribution >= 0.6 is 15.9 Å². The van der Waals surface area contributed by atoms with E-state index in [2.05, 4.69) is 20.7 Å². The van der Waals surface area contributed by atoms with E-state index in [1.807, 2.05) is 0 Å². The van der Waals surface area contributed by atoms with Crippen molar-refractivity contribution in [1.29, 1.82) is 0 Å². The molecule has 0 bridgehead atoms. The zero-order valence-electron chi connectivity index (χ0n) is 7.64. The van der Waals surface area contributed by atoms with Gasteiger partial charge in [0.1, 0.15) is 5.75 Å². The van der Waals surface area contributed by atoms with Gasteiger partial charge in [-0.2, -0.15) is 0 Å². The van der Waals surface area contributed by atoms with Crippen molar-refractivity contribution in [2.24, 2.45) is 5.73 Å². The molecule has 84 valence electrons. The smallest absolute Gasteiger partial charge is 0.406 e. The molecule has 0 atom stereocenters. The highest BCUT2D eigenvalue weighted by atomic mass is 79.9. The van der Waals surface area contributed by atoms with Crippen LogP contribution in [0.2, 0.25) is 0 Å². The first-order chi connectivity index (χ1) is 6.90. The first kappa shape index (κ1) is 12.3.